The highest BCUT2D eigenvalue weighted by Gasteiger charge is 2.19. The van der Waals surface area contributed by atoms with Gasteiger partial charge in [-0.1, -0.05) is 24.3 Å². The molecule has 29 heavy (non-hydrogen) atoms. The zero-order chi connectivity index (χ0) is 20.6. The lowest BCUT2D eigenvalue weighted by Gasteiger charge is -2.16. The molecule has 1 N–H and O–H groups in total. The molecule has 0 atom stereocenters. The molecule has 152 valence electrons. The van der Waals surface area contributed by atoms with Gasteiger partial charge in [0.05, 0.1) is 19.8 Å². The van der Waals surface area contributed by atoms with Crippen LogP contribution in [0.4, 0.5) is 0 Å². The van der Waals surface area contributed by atoms with Gasteiger partial charge in [-0.05, 0) is 36.3 Å². The first kappa shape index (κ1) is 20.3. The van der Waals surface area contributed by atoms with Gasteiger partial charge in [0, 0.05) is 12.1 Å². The highest BCUT2D eigenvalue weighted by Crippen LogP contribution is 2.28. The van der Waals surface area contributed by atoms with E-state index in [1.807, 2.05) is 42.5 Å². The van der Waals surface area contributed by atoms with Crippen LogP contribution in [-0.2, 0) is 20.7 Å². The number of para-hydroxylation sites is 1. The van der Waals surface area contributed by atoms with Crippen molar-refractivity contribution in [1.29, 1.82) is 0 Å². The fourth-order valence-electron chi connectivity index (χ4n) is 2.89. The Balaban J connectivity index is 1.43. The Kier molecular flexibility index (Phi) is 6.73. The van der Waals surface area contributed by atoms with Crippen LogP contribution in [0.25, 0.3) is 6.08 Å². The van der Waals surface area contributed by atoms with Crippen LogP contribution >= 0.6 is 0 Å². The van der Waals surface area contributed by atoms with Gasteiger partial charge in [-0.2, -0.15) is 0 Å². The van der Waals surface area contributed by atoms with Crippen molar-refractivity contribution in [2.75, 3.05) is 34.0 Å². The van der Waals surface area contributed by atoms with Gasteiger partial charge in [0.1, 0.15) is 12.4 Å². The summed E-state index contributed by atoms with van der Waals surface area (Å²) in [5.74, 6) is 1.08. The average molecular weight is 397 g/mol. The number of esters is 1. The first-order valence-corrected chi connectivity index (χ1v) is 9.18. The van der Waals surface area contributed by atoms with Crippen molar-refractivity contribution >= 4 is 18.0 Å². The van der Waals surface area contributed by atoms with E-state index in [1.165, 1.54) is 0 Å². The molecule has 0 aromatic heterocycles. The third kappa shape index (κ3) is 5.28. The van der Waals surface area contributed by atoms with Crippen molar-refractivity contribution in [2.24, 2.45) is 0 Å². The number of ether oxygens (including phenoxy) is 4. The number of nitrogens with one attached hydrogen (secondary N) is 1. The van der Waals surface area contributed by atoms with Crippen molar-refractivity contribution in [3.8, 4) is 17.2 Å². The topological polar surface area (TPSA) is 83.1 Å². The molecule has 0 spiro atoms. The Labute approximate surface area is 169 Å². The maximum atomic E-state index is 12.2. The SMILES string of the molecule is COc1ccc(CCNC(=O)COC(=O)C2=Cc3ccccc3OC2)cc1OC. The normalized spacial score (nSPS) is 12.1. The fraction of sp³-hybridized carbons (Fsp3) is 0.273. The van der Waals surface area contributed by atoms with Crippen LogP contribution in [0.3, 0.4) is 0 Å². The third-order valence-corrected chi connectivity index (χ3v) is 4.41. The predicted octanol–water partition coefficient (Wildman–Crippen LogP) is 2.38. The summed E-state index contributed by atoms with van der Waals surface area (Å²) in [6, 6.07) is 13.0. The highest BCUT2D eigenvalue weighted by atomic mass is 16.5. The van der Waals surface area contributed by atoms with Crippen molar-refractivity contribution in [3.05, 3.63) is 59.2 Å². The third-order valence-electron chi connectivity index (χ3n) is 4.41. The molecule has 2 aromatic rings. The van der Waals surface area contributed by atoms with Crippen LogP contribution in [-0.4, -0.2) is 45.9 Å². The lowest BCUT2D eigenvalue weighted by atomic mass is 10.1. The summed E-state index contributed by atoms with van der Waals surface area (Å²) in [5, 5.41) is 2.73. The van der Waals surface area contributed by atoms with Gasteiger partial charge in [0.25, 0.3) is 5.91 Å². The molecule has 3 rings (SSSR count). The molecule has 0 unspecified atom stereocenters. The standard InChI is InChI=1S/C22H23NO6/c1-26-19-8-7-15(11-20(19)27-2)9-10-23-21(24)14-29-22(25)17-12-16-5-3-4-6-18(16)28-13-17/h3-8,11-12H,9-10,13-14H2,1-2H3,(H,23,24). The van der Waals surface area contributed by atoms with E-state index in [-0.39, 0.29) is 19.1 Å². The zero-order valence-corrected chi connectivity index (χ0v) is 16.4. The molecular weight excluding hydrogens is 374 g/mol. The summed E-state index contributed by atoms with van der Waals surface area (Å²) in [6.07, 6.45) is 2.33. The first-order chi connectivity index (χ1) is 14.1. The van der Waals surface area contributed by atoms with Gasteiger partial charge in [-0.25, -0.2) is 4.79 Å². The lowest BCUT2D eigenvalue weighted by Crippen LogP contribution is -2.31. The smallest absolute Gasteiger partial charge is 0.338 e. The second-order valence-electron chi connectivity index (χ2n) is 6.36. The maximum absolute atomic E-state index is 12.2. The number of hydrogen-bond acceptors (Lipinski definition) is 6. The number of rotatable bonds is 8. The van der Waals surface area contributed by atoms with Crippen LogP contribution in [0.5, 0.6) is 17.2 Å². The van der Waals surface area contributed by atoms with E-state index in [4.69, 9.17) is 18.9 Å². The van der Waals surface area contributed by atoms with Crippen molar-refractivity contribution in [2.45, 2.75) is 6.42 Å². The average Bonchev–Trinajstić information content (AvgIpc) is 2.76. The molecule has 7 nitrogen and oxygen atoms in total. The van der Waals surface area contributed by atoms with Crippen LogP contribution < -0.4 is 19.5 Å². The molecule has 1 aliphatic heterocycles. The molecule has 0 radical (unpaired) electrons. The molecule has 0 aliphatic carbocycles. The second-order valence-corrected chi connectivity index (χ2v) is 6.36. The summed E-state index contributed by atoms with van der Waals surface area (Å²) in [6.45, 7) is 0.186. The zero-order valence-electron chi connectivity index (χ0n) is 16.4. The summed E-state index contributed by atoms with van der Waals surface area (Å²) in [7, 11) is 3.15. The Morgan fingerprint density at radius 2 is 1.86 bits per heavy atom. The fourth-order valence-corrected chi connectivity index (χ4v) is 2.89. The molecule has 2 aromatic carbocycles. The number of hydrogen-bond donors (Lipinski definition) is 1. The van der Waals surface area contributed by atoms with Crippen molar-refractivity contribution in [3.63, 3.8) is 0 Å². The van der Waals surface area contributed by atoms with Crippen molar-refractivity contribution in [1.82, 2.24) is 5.32 Å². The summed E-state index contributed by atoms with van der Waals surface area (Å²) in [5.41, 5.74) is 2.18. The first-order valence-electron chi connectivity index (χ1n) is 9.18. The summed E-state index contributed by atoms with van der Waals surface area (Å²) in [4.78, 5) is 24.1. The molecular formula is C22H23NO6. The minimum absolute atomic E-state index is 0.122. The molecule has 0 saturated heterocycles. The van der Waals surface area contributed by atoms with E-state index in [0.717, 1.165) is 16.9 Å². The molecule has 0 bridgehead atoms. The molecule has 0 fully saturated rings. The van der Waals surface area contributed by atoms with E-state index in [9.17, 15) is 9.59 Å². The maximum Gasteiger partial charge on any atom is 0.338 e. The lowest BCUT2D eigenvalue weighted by molar-refractivity contribution is -0.145. The van der Waals surface area contributed by atoms with Crippen LogP contribution in [0, 0.1) is 0 Å². The minimum Gasteiger partial charge on any atom is -0.493 e. The molecule has 0 saturated carbocycles. The van der Waals surface area contributed by atoms with Crippen molar-refractivity contribution < 1.29 is 28.5 Å². The Morgan fingerprint density at radius 1 is 1.07 bits per heavy atom. The monoisotopic (exact) mass is 397 g/mol. The van der Waals surface area contributed by atoms with Gasteiger partial charge in [0.2, 0.25) is 0 Å². The number of benzene rings is 2. The van der Waals surface area contributed by atoms with Gasteiger partial charge >= 0.3 is 5.97 Å². The van der Waals surface area contributed by atoms with E-state index in [2.05, 4.69) is 5.32 Å². The number of methoxy groups -OCH3 is 2. The van der Waals surface area contributed by atoms with Gasteiger partial charge in [-0.3, -0.25) is 4.79 Å². The number of amides is 1. The number of carbonyl (C=O) groups is 2. The van der Waals surface area contributed by atoms with E-state index in [0.29, 0.717) is 30.0 Å². The van der Waals surface area contributed by atoms with Crippen LogP contribution in [0.15, 0.2) is 48.0 Å². The molecule has 7 heteroatoms. The summed E-state index contributed by atoms with van der Waals surface area (Å²) >= 11 is 0. The Hall–Kier alpha value is -3.48. The Morgan fingerprint density at radius 3 is 2.66 bits per heavy atom. The summed E-state index contributed by atoms with van der Waals surface area (Å²) < 4.78 is 21.1. The molecule has 1 amide bonds. The van der Waals surface area contributed by atoms with Gasteiger partial charge in [-0.15, -0.1) is 0 Å². The highest BCUT2D eigenvalue weighted by molar-refractivity contribution is 5.96. The predicted molar refractivity (Wildman–Crippen MR) is 107 cm³/mol. The Bertz CT molecular complexity index is 921. The largest absolute Gasteiger partial charge is 0.493 e. The van der Waals surface area contributed by atoms with Gasteiger partial charge in [0.15, 0.2) is 18.1 Å². The molecule has 1 aliphatic rings. The van der Waals surface area contributed by atoms with E-state index in [1.54, 1.807) is 20.3 Å². The van der Waals surface area contributed by atoms with Crippen LogP contribution in [0.2, 0.25) is 0 Å². The number of carbonyl (C=O) groups excluding carboxylic acids is 2. The second kappa shape index (κ2) is 9.64. The van der Waals surface area contributed by atoms with E-state index < -0.39 is 5.97 Å². The number of fused-ring (bicyclic) bond motifs is 1. The molecule has 1 heterocycles. The van der Waals surface area contributed by atoms with E-state index >= 15 is 0 Å². The quantitative estimate of drug-likeness (QED) is 0.689. The van der Waals surface area contributed by atoms with Gasteiger partial charge < -0.3 is 24.3 Å². The minimum atomic E-state index is -0.561. The van der Waals surface area contributed by atoms with Crippen LogP contribution in [0.1, 0.15) is 11.1 Å².